The fraction of sp³-hybridized carbons (Fsp3) is 0.391. The zero-order valence-corrected chi connectivity index (χ0v) is 17.8. The fourth-order valence-electron chi connectivity index (χ4n) is 4.01. The highest BCUT2D eigenvalue weighted by Crippen LogP contribution is 2.28. The van der Waals surface area contributed by atoms with Crippen molar-refractivity contribution in [3.05, 3.63) is 48.5 Å². The molecule has 0 saturated carbocycles. The molecule has 2 amide bonds. The first-order valence-electron chi connectivity index (χ1n) is 10.5. The summed E-state index contributed by atoms with van der Waals surface area (Å²) in [6, 6.07) is 15.9. The van der Waals surface area contributed by atoms with Gasteiger partial charge in [-0.25, -0.2) is 9.78 Å². The maximum atomic E-state index is 12.4. The number of piperidine rings is 1. The number of ether oxygens (including phenoxy) is 1. The second-order valence-electron chi connectivity index (χ2n) is 7.95. The molecule has 1 aliphatic heterocycles. The van der Waals surface area contributed by atoms with Crippen LogP contribution in [0.4, 0.5) is 16.4 Å². The third-order valence-corrected chi connectivity index (χ3v) is 5.55. The number of para-hydroxylation sites is 2. The van der Waals surface area contributed by atoms with Gasteiger partial charge < -0.3 is 24.8 Å². The van der Waals surface area contributed by atoms with E-state index in [0.717, 1.165) is 48.8 Å². The standard InChI is InChI=1S/C23H29N5O2/c1-16(2)28-21-7-5-4-6-20(21)26-23(28)27-14-12-18(13-15-27)25-22(29)24-17-8-10-19(30-3)11-9-17/h4-11,16,18H,12-15H2,1-3H3,(H2,24,25,29). The van der Waals surface area contributed by atoms with Crippen LogP contribution < -0.4 is 20.3 Å². The summed E-state index contributed by atoms with van der Waals surface area (Å²) in [7, 11) is 1.62. The Morgan fingerprint density at radius 3 is 2.47 bits per heavy atom. The molecule has 1 fully saturated rings. The van der Waals surface area contributed by atoms with Gasteiger partial charge in [-0.05, 0) is 63.1 Å². The number of imidazole rings is 1. The largest absolute Gasteiger partial charge is 0.497 e. The molecule has 158 valence electrons. The highest BCUT2D eigenvalue weighted by molar-refractivity contribution is 5.89. The lowest BCUT2D eigenvalue weighted by molar-refractivity contribution is 0.246. The van der Waals surface area contributed by atoms with E-state index < -0.39 is 0 Å². The van der Waals surface area contributed by atoms with E-state index in [2.05, 4.69) is 52.1 Å². The van der Waals surface area contributed by atoms with Gasteiger partial charge >= 0.3 is 6.03 Å². The first-order valence-corrected chi connectivity index (χ1v) is 10.5. The summed E-state index contributed by atoms with van der Waals surface area (Å²) in [6.45, 7) is 6.11. The molecule has 30 heavy (non-hydrogen) atoms. The van der Waals surface area contributed by atoms with Gasteiger partial charge in [0.2, 0.25) is 5.95 Å². The van der Waals surface area contributed by atoms with Crippen LogP contribution in [-0.2, 0) is 0 Å². The van der Waals surface area contributed by atoms with E-state index in [1.807, 2.05) is 30.3 Å². The number of methoxy groups -OCH3 is 1. The van der Waals surface area contributed by atoms with Crippen molar-refractivity contribution < 1.29 is 9.53 Å². The van der Waals surface area contributed by atoms with E-state index in [4.69, 9.17) is 9.72 Å². The number of benzene rings is 2. The molecule has 7 heteroatoms. The highest BCUT2D eigenvalue weighted by Gasteiger charge is 2.25. The average molecular weight is 408 g/mol. The molecule has 0 spiro atoms. The summed E-state index contributed by atoms with van der Waals surface area (Å²) in [5.74, 6) is 1.79. The SMILES string of the molecule is COc1ccc(NC(=O)NC2CCN(c3nc4ccccc4n3C(C)C)CC2)cc1. The molecule has 4 rings (SSSR count). The Hall–Kier alpha value is -3.22. The molecule has 2 N–H and O–H groups in total. The van der Waals surface area contributed by atoms with Crippen molar-refractivity contribution in [3.8, 4) is 5.75 Å². The van der Waals surface area contributed by atoms with Gasteiger partial charge in [0, 0.05) is 30.9 Å². The number of hydrogen-bond acceptors (Lipinski definition) is 4. The van der Waals surface area contributed by atoms with E-state index in [-0.39, 0.29) is 12.1 Å². The number of nitrogens with zero attached hydrogens (tertiary/aromatic N) is 3. The van der Waals surface area contributed by atoms with Gasteiger partial charge in [-0.3, -0.25) is 0 Å². The van der Waals surface area contributed by atoms with Crippen LogP contribution in [0.3, 0.4) is 0 Å². The summed E-state index contributed by atoms with van der Waals surface area (Å²) in [5, 5.41) is 5.99. The van der Waals surface area contributed by atoms with Crippen LogP contribution >= 0.6 is 0 Å². The second-order valence-corrected chi connectivity index (χ2v) is 7.95. The van der Waals surface area contributed by atoms with Crippen LogP contribution in [0.25, 0.3) is 11.0 Å². The van der Waals surface area contributed by atoms with Crippen LogP contribution in [-0.4, -0.2) is 41.8 Å². The highest BCUT2D eigenvalue weighted by atomic mass is 16.5. The Labute approximate surface area is 177 Å². The van der Waals surface area contributed by atoms with Crippen molar-refractivity contribution >= 4 is 28.7 Å². The molecule has 1 saturated heterocycles. The second kappa shape index (κ2) is 8.65. The molecule has 1 aromatic heterocycles. The molecular weight excluding hydrogens is 378 g/mol. The van der Waals surface area contributed by atoms with Gasteiger partial charge in [0.05, 0.1) is 18.1 Å². The van der Waals surface area contributed by atoms with Gasteiger partial charge in [-0.2, -0.15) is 0 Å². The van der Waals surface area contributed by atoms with E-state index in [9.17, 15) is 4.79 Å². The number of carbonyl (C=O) groups excluding carboxylic acids is 1. The van der Waals surface area contributed by atoms with Gasteiger partial charge in [0.25, 0.3) is 0 Å². The first-order chi connectivity index (χ1) is 14.5. The van der Waals surface area contributed by atoms with Crippen LogP contribution in [0.15, 0.2) is 48.5 Å². The lowest BCUT2D eigenvalue weighted by Gasteiger charge is -2.34. The molecule has 2 aromatic carbocycles. The molecular formula is C23H29N5O2. The third kappa shape index (κ3) is 4.20. The van der Waals surface area contributed by atoms with Crippen LogP contribution in [0.5, 0.6) is 5.75 Å². The monoisotopic (exact) mass is 407 g/mol. The molecule has 0 radical (unpaired) electrons. The Balaban J connectivity index is 1.36. The number of carbonyl (C=O) groups is 1. The number of fused-ring (bicyclic) bond motifs is 1. The average Bonchev–Trinajstić information content (AvgIpc) is 3.14. The topological polar surface area (TPSA) is 71.4 Å². The van der Waals surface area contributed by atoms with Gasteiger partial charge in [0.1, 0.15) is 5.75 Å². The van der Waals surface area contributed by atoms with E-state index in [1.165, 1.54) is 5.52 Å². The number of urea groups is 1. The van der Waals surface area contributed by atoms with Crippen LogP contribution in [0.2, 0.25) is 0 Å². The van der Waals surface area contributed by atoms with E-state index >= 15 is 0 Å². The molecule has 0 atom stereocenters. The Morgan fingerprint density at radius 2 is 1.80 bits per heavy atom. The van der Waals surface area contributed by atoms with Crippen molar-refractivity contribution in [1.29, 1.82) is 0 Å². The molecule has 2 heterocycles. The molecule has 0 unspecified atom stereocenters. The van der Waals surface area contributed by atoms with Crippen molar-refractivity contribution in [2.45, 2.75) is 38.8 Å². The van der Waals surface area contributed by atoms with Crippen molar-refractivity contribution in [2.75, 3.05) is 30.4 Å². The zero-order chi connectivity index (χ0) is 21.1. The quantitative estimate of drug-likeness (QED) is 0.657. The summed E-state index contributed by atoms with van der Waals surface area (Å²) in [5.41, 5.74) is 2.94. The third-order valence-electron chi connectivity index (χ3n) is 5.55. The van der Waals surface area contributed by atoms with Gasteiger partial charge in [0.15, 0.2) is 0 Å². The Bertz CT molecular complexity index is 1000. The number of amides is 2. The minimum Gasteiger partial charge on any atom is -0.497 e. The normalized spacial score (nSPS) is 14.9. The number of rotatable bonds is 5. The van der Waals surface area contributed by atoms with Crippen LogP contribution in [0.1, 0.15) is 32.7 Å². The predicted octanol–water partition coefficient (Wildman–Crippen LogP) is 4.42. The zero-order valence-electron chi connectivity index (χ0n) is 17.8. The molecule has 3 aromatic rings. The van der Waals surface area contributed by atoms with Crippen molar-refractivity contribution in [1.82, 2.24) is 14.9 Å². The molecule has 7 nitrogen and oxygen atoms in total. The summed E-state index contributed by atoms with van der Waals surface area (Å²) >= 11 is 0. The first kappa shape index (κ1) is 20.1. The summed E-state index contributed by atoms with van der Waals surface area (Å²) in [6.07, 6.45) is 1.77. The van der Waals surface area contributed by atoms with Crippen molar-refractivity contribution in [3.63, 3.8) is 0 Å². The molecule has 0 bridgehead atoms. The summed E-state index contributed by atoms with van der Waals surface area (Å²) < 4.78 is 7.45. The number of aromatic nitrogens is 2. The minimum atomic E-state index is -0.173. The number of nitrogens with one attached hydrogen (secondary N) is 2. The van der Waals surface area contributed by atoms with Crippen LogP contribution in [0, 0.1) is 0 Å². The number of hydrogen-bond donors (Lipinski definition) is 2. The molecule has 0 aliphatic carbocycles. The molecule has 1 aliphatic rings. The fourth-order valence-corrected chi connectivity index (χ4v) is 4.01. The Kier molecular flexibility index (Phi) is 5.79. The minimum absolute atomic E-state index is 0.149. The summed E-state index contributed by atoms with van der Waals surface area (Å²) in [4.78, 5) is 19.6. The number of anilines is 2. The van der Waals surface area contributed by atoms with Gasteiger partial charge in [-0.15, -0.1) is 0 Å². The maximum absolute atomic E-state index is 12.4. The smallest absolute Gasteiger partial charge is 0.319 e. The predicted molar refractivity (Wildman–Crippen MR) is 121 cm³/mol. The Morgan fingerprint density at radius 1 is 1.10 bits per heavy atom. The van der Waals surface area contributed by atoms with E-state index in [0.29, 0.717) is 6.04 Å². The van der Waals surface area contributed by atoms with E-state index in [1.54, 1.807) is 7.11 Å². The van der Waals surface area contributed by atoms with Crippen molar-refractivity contribution in [2.24, 2.45) is 0 Å². The lowest BCUT2D eigenvalue weighted by Crippen LogP contribution is -2.46. The van der Waals surface area contributed by atoms with Gasteiger partial charge in [-0.1, -0.05) is 12.1 Å². The lowest BCUT2D eigenvalue weighted by atomic mass is 10.1. The maximum Gasteiger partial charge on any atom is 0.319 e.